The number of hydrogen-bond donors (Lipinski definition) is 0. The van der Waals surface area contributed by atoms with Crippen LogP contribution in [0, 0.1) is 11.8 Å². The number of halogens is 1. The van der Waals surface area contributed by atoms with Crippen LogP contribution in [0.3, 0.4) is 0 Å². The summed E-state index contributed by atoms with van der Waals surface area (Å²) in [6.45, 7) is 0. The minimum absolute atomic E-state index is 0.348. The molecule has 138 valence electrons. The van der Waals surface area contributed by atoms with Crippen molar-refractivity contribution < 1.29 is 9.47 Å². The van der Waals surface area contributed by atoms with Gasteiger partial charge in [0.1, 0.15) is 11.5 Å². The van der Waals surface area contributed by atoms with Crippen LogP contribution in [-0.4, -0.2) is 14.2 Å². The molecule has 0 fully saturated rings. The second-order valence-electron chi connectivity index (χ2n) is 6.44. The molecule has 0 saturated heterocycles. The molecule has 0 aromatic heterocycles. The van der Waals surface area contributed by atoms with Gasteiger partial charge in [-0.2, -0.15) is 0 Å². The third-order valence-electron chi connectivity index (χ3n) is 4.84. The normalized spacial score (nSPS) is 10.5. The molecule has 0 aliphatic carbocycles. The highest BCUT2D eigenvalue weighted by molar-refractivity contribution is 6.17. The second-order valence-corrected chi connectivity index (χ2v) is 6.71. The van der Waals surface area contributed by atoms with Gasteiger partial charge in [-0.05, 0) is 39.7 Å². The van der Waals surface area contributed by atoms with Gasteiger partial charge in [-0.15, -0.1) is 11.6 Å². The molecule has 0 heterocycles. The molecule has 4 aromatic carbocycles. The number of methoxy groups -OCH3 is 2. The molecule has 0 aliphatic heterocycles. The Morgan fingerprint density at radius 3 is 1.93 bits per heavy atom. The lowest BCUT2D eigenvalue weighted by molar-refractivity contribution is 0.399. The second kappa shape index (κ2) is 7.84. The SMILES string of the molecule is COc1cc(CCl)c(OC)cc1C#Cc1c2ccccc2cc2ccccc12. The molecule has 0 spiro atoms. The van der Waals surface area contributed by atoms with Crippen LogP contribution in [0.5, 0.6) is 11.5 Å². The average molecular weight is 387 g/mol. The van der Waals surface area contributed by atoms with E-state index >= 15 is 0 Å². The number of benzene rings is 4. The number of fused-ring (bicyclic) bond motifs is 2. The maximum atomic E-state index is 6.02. The Balaban J connectivity index is 1.96. The van der Waals surface area contributed by atoms with E-state index in [0.717, 1.165) is 27.5 Å². The van der Waals surface area contributed by atoms with Crippen LogP contribution in [0.1, 0.15) is 16.7 Å². The van der Waals surface area contributed by atoms with Crippen LogP contribution in [0.4, 0.5) is 0 Å². The Kier molecular flexibility index (Phi) is 5.10. The Bertz CT molecular complexity index is 1180. The summed E-state index contributed by atoms with van der Waals surface area (Å²) < 4.78 is 11.0. The Labute approximate surface area is 169 Å². The third kappa shape index (κ3) is 3.26. The van der Waals surface area contributed by atoms with E-state index in [4.69, 9.17) is 21.1 Å². The summed E-state index contributed by atoms with van der Waals surface area (Å²) in [4.78, 5) is 0. The predicted molar refractivity (Wildman–Crippen MR) is 117 cm³/mol. The highest BCUT2D eigenvalue weighted by Gasteiger charge is 2.10. The van der Waals surface area contributed by atoms with Gasteiger partial charge >= 0.3 is 0 Å². The highest BCUT2D eigenvalue weighted by Crippen LogP contribution is 2.31. The van der Waals surface area contributed by atoms with Crippen molar-refractivity contribution in [2.45, 2.75) is 5.88 Å². The van der Waals surface area contributed by atoms with Crippen molar-refractivity contribution in [2.75, 3.05) is 14.2 Å². The van der Waals surface area contributed by atoms with E-state index < -0.39 is 0 Å². The van der Waals surface area contributed by atoms with E-state index in [9.17, 15) is 0 Å². The summed E-state index contributed by atoms with van der Waals surface area (Å²) in [6, 6.07) is 22.6. The molecule has 4 rings (SSSR count). The van der Waals surface area contributed by atoms with E-state index in [1.165, 1.54) is 10.8 Å². The zero-order valence-electron chi connectivity index (χ0n) is 15.8. The number of hydrogen-bond acceptors (Lipinski definition) is 2. The predicted octanol–water partition coefficient (Wildman–Crippen LogP) is 6.15. The number of ether oxygens (including phenoxy) is 2. The van der Waals surface area contributed by atoms with Gasteiger partial charge in [0.05, 0.1) is 25.7 Å². The number of alkyl halides is 1. The van der Waals surface area contributed by atoms with Crippen LogP contribution in [0.25, 0.3) is 21.5 Å². The van der Waals surface area contributed by atoms with E-state index in [-0.39, 0.29) is 0 Å². The first kappa shape index (κ1) is 18.2. The summed E-state index contributed by atoms with van der Waals surface area (Å²) in [5, 5.41) is 4.62. The third-order valence-corrected chi connectivity index (χ3v) is 5.13. The van der Waals surface area contributed by atoms with E-state index in [1.807, 2.05) is 36.4 Å². The zero-order chi connectivity index (χ0) is 19.5. The van der Waals surface area contributed by atoms with Gasteiger partial charge in [0.2, 0.25) is 0 Å². The van der Waals surface area contributed by atoms with Crippen LogP contribution in [0.15, 0.2) is 66.7 Å². The molecule has 0 N–H and O–H groups in total. The summed E-state index contributed by atoms with van der Waals surface area (Å²) >= 11 is 6.02. The summed E-state index contributed by atoms with van der Waals surface area (Å²) in [5.74, 6) is 8.43. The van der Waals surface area contributed by atoms with Crippen molar-refractivity contribution in [1.82, 2.24) is 0 Å². The minimum Gasteiger partial charge on any atom is -0.496 e. The fraction of sp³-hybridized carbons (Fsp3) is 0.120. The molecule has 3 heteroatoms. The van der Waals surface area contributed by atoms with Gasteiger partial charge in [-0.25, -0.2) is 0 Å². The molecule has 0 aliphatic rings. The van der Waals surface area contributed by atoms with Gasteiger partial charge in [-0.1, -0.05) is 60.4 Å². The Hall–Kier alpha value is -3.15. The van der Waals surface area contributed by atoms with Gasteiger partial charge in [-0.3, -0.25) is 0 Å². The lowest BCUT2D eigenvalue weighted by Gasteiger charge is -2.11. The topological polar surface area (TPSA) is 18.5 Å². The molecular formula is C25H19ClO2. The summed E-state index contributed by atoms with van der Waals surface area (Å²) in [6.07, 6.45) is 0. The average Bonchev–Trinajstić information content (AvgIpc) is 2.75. The van der Waals surface area contributed by atoms with Crippen molar-refractivity contribution in [3.05, 3.63) is 83.4 Å². The minimum atomic E-state index is 0.348. The highest BCUT2D eigenvalue weighted by atomic mass is 35.5. The Morgan fingerprint density at radius 1 is 0.750 bits per heavy atom. The van der Waals surface area contributed by atoms with E-state index in [2.05, 4.69) is 42.2 Å². The largest absolute Gasteiger partial charge is 0.496 e. The van der Waals surface area contributed by atoms with Gasteiger partial charge in [0.25, 0.3) is 0 Å². The fourth-order valence-corrected chi connectivity index (χ4v) is 3.65. The van der Waals surface area contributed by atoms with Crippen LogP contribution in [-0.2, 0) is 5.88 Å². The summed E-state index contributed by atoms with van der Waals surface area (Å²) in [7, 11) is 3.27. The van der Waals surface area contributed by atoms with Crippen molar-refractivity contribution in [2.24, 2.45) is 0 Å². The molecule has 28 heavy (non-hydrogen) atoms. The molecule has 0 saturated carbocycles. The molecule has 0 atom stereocenters. The first-order valence-electron chi connectivity index (χ1n) is 8.98. The standard InChI is InChI=1S/C25H19ClO2/c1-27-24-15-20(16-26)25(28-2)14-19(24)11-12-23-21-9-5-3-7-17(21)13-18-8-4-6-10-22(18)23/h3-10,13-15H,16H2,1-2H3. The van der Waals surface area contributed by atoms with Crippen molar-refractivity contribution >= 4 is 33.1 Å². The van der Waals surface area contributed by atoms with Crippen LogP contribution in [0.2, 0.25) is 0 Å². The van der Waals surface area contributed by atoms with Crippen LogP contribution < -0.4 is 9.47 Å². The lowest BCUT2D eigenvalue weighted by atomic mass is 9.97. The maximum absolute atomic E-state index is 6.02. The van der Waals surface area contributed by atoms with Gasteiger partial charge in [0.15, 0.2) is 0 Å². The van der Waals surface area contributed by atoms with Crippen molar-refractivity contribution in [3.8, 4) is 23.3 Å². The molecular weight excluding hydrogens is 368 g/mol. The van der Waals surface area contributed by atoms with Gasteiger partial charge in [0, 0.05) is 11.1 Å². The first-order chi connectivity index (χ1) is 13.7. The molecule has 2 nitrogen and oxygen atoms in total. The number of rotatable bonds is 3. The summed E-state index contributed by atoms with van der Waals surface area (Å²) in [5.41, 5.74) is 2.66. The Morgan fingerprint density at radius 2 is 1.36 bits per heavy atom. The lowest BCUT2D eigenvalue weighted by Crippen LogP contribution is -1.95. The smallest absolute Gasteiger partial charge is 0.135 e. The molecule has 0 radical (unpaired) electrons. The zero-order valence-corrected chi connectivity index (χ0v) is 16.5. The van der Waals surface area contributed by atoms with E-state index in [0.29, 0.717) is 17.4 Å². The fourth-order valence-electron chi connectivity index (χ4n) is 3.44. The first-order valence-corrected chi connectivity index (χ1v) is 9.52. The molecule has 4 aromatic rings. The quantitative estimate of drug-likeness (QED) is 0.239. The molecule has 0 unspecified atom stereocenters. The van der Waals surface area contributed by atoms with E-state index in [1.54, 1.807) is 14.2 Å². The maximum Gasteiger partial charge on any atom is 0.135 e. The van der Waals surface area contributed by atoms with Crippen molar-refractivity contribution in [3.63, 3.8) is 0 Å². The van der Waals surface area contributed by atoms with Crippen LogP contribution >= 0.6 is 11.6 Å². The van der Waals surface area contributed by atoms with Gasteiger partial charge < -0.3 is 9.47 Å². The molecule has 0 bridgehead atoms. The van der Waals surface area contributed by atoms with Crippen molar-refractivity contribution in [1.29, 1.82) is 0 Å². The monoisotopic (exact) mass is 386 g/mol. The molecule has 0 amide bonds.